The minimum absolute atomic E-state index is 0.280. The van der Waals surface area contributed by atoms with Gasteiger partial charge < -0.3 is 5.73 Å². The molecule has 0 fully saturated rings. The van der Waals surface area contributed by atoms with Crippen molar-refractivity contribution in [3.63, 3.8) is 0 Å². The van der Waals surface area contributed by atoms with Crippen molar-refractivity contribution in [1.82, 2.24) is 15.0 Å². The molecule has 0 bridgehead atoms. The first-order valence-electron chi connectivity index (χ1n) is 8.34. The van der Waals surface area contributed by atoms with Crippen LogP contribution in [0.15, 0.2) is 71.6 Å². The summed E-state index contributed by atoms with van der Waals surface area (Å²) in [6.07, 6.45) is 2.74. The van der Waals surface area contributed by atoms with Crippen LogP contribution in [0.4, 0.5) is 5.95 Å². The Bertz CT molecular complexity index is 1050. The molecule has 2 aromatic heterocycles. The molecule has 4 rings (SSSR count). The highest BCUT2D eigenvalue weighted by atomic mass is 32.2. The van der Waals surface area contributed by atoms with Crippen LogP contribution in [0.2, 0.25) is 0 Å². The van der Waals surface area contributed by atoms with Gasteiger partial charge in [-0.3, -0.25) is 0 Å². The summed E-state index contributed by atoms with van der Waals surface area (Å²) in [5.41, 5.74) is 11.5. The van der Waals surface area contributed by atoms with Crippen LogP contribution in [-0.4, -0.2) is 21.2 Å². The fraction of sp³-hybridized carbons (Fsp3) is 0.0952. The van der Waals surface area contributed by atoms with Crippen LogP contribution in [0.1, 0.15) is 11.3 Å². The molecule has 2 heterocycles. The van der Waals surface area contributed by atoms with E-state index in [0.29, 0.717) is 6.42 Å². The summed E-state index contributed by atoms with van der Waals surface area (Å²) < 4.78 is 0. The van der Waals surface area contributed by atoms with Crippen molar-refractivity contribution in [3.05, 3.63) is 78.0 Å². The fourth-order valence-electron chi connectivity index (χ4n) is 2.93. The Kier molecular flexibility index (Phi) is 4.54. The lowest BCUT2D eigenvalue weighted by atomic mass is 10.1. The topological polar surface area (TPSA) is 64.7 Å². The number of nitrogens with two attached hydrogens (primary N) is 1. The molecule has 0 atom stereocenters. The number of fused-ring (bicyclic) bond motifs is 1. The lowest BCUT2D eigenvalue weighted by Crippen LogP contribution is -2.03. The number of thioether (sulfide) groups is 1. The number of rotatable bonds is 4. The maximum absolute atomic E-state index is 5.91. The molecule has 0 aliphatic carbocycles. The third-order valence-electron chi connectivity index (χ3n) is 4.23. The molecule has 0 saturated heterocycles. The Balaban J connectivity index is 1.80. The predicted molar refractivity (Wildman–Crippen MR) is 108 cm³/mol. The minimum Gasteiger partial charge on any atom is -0.368 e. The maximum Gasteiger partial charge on any atom is 0.220 e. The SMILES string of the molecule is CSc1ccc(-c2ccc3nc(N)nc(Cc4ccccc4)c3n2)cc1. The maximum atomic E-state index is 5.91. The molecular weight excluding hydrogens is 340 g/mol. The molecule has 0 aliphatic rings. The highest BCUT2D eigenvalue weighted by Gasteiger charge is 2.11. The van der Waals surface area contributed by atoms with Gasteiger partial charge in [0.25, 0.3) is 0 Å². The standard InChI is InChI=1S/C21H18N4S/c1-26-16-9-7-15(8-10-16)17-11-12-18-20(23-17)19(25-21(22)24-18)13-14-5-3-2-4-6-14/h2-12H,13H2,1H3,(H2,22,24,25). The monoisotopic (exact) mass is 358 g/mol. The Morgan fingerprint density at radius 3 is 2.35 bits per heavy atom. The molecule has 5 heteroatoms. The van der Waals surface area contributed by atoms with E-state index in [1.165, 1.54) is 10.5 Å². The van der Waals surface area contributed by atoms with Crippen LogP contribution in [0.25, 0.3) is 22.3 Å². The molecule has 26 heavy (non-hydrogen) atoms. The lowest BCUT2D eigenvalue weighted by Gasteiger charge is -2.09. The van der Waals surface area contributed by atoms with E-state index in [9.17, 15) is 0 Å². The first-order valence-corrected chi connectivity index (χ1v) is 9.57. The summed E-state index contributed by atoms with van der Waals surface area (Å²) in [4.78, 5) is 14.9. The molecule has 0 radical (unpaired) electrons. The van der Waals surface area contributed by atoms with Crippen LogP contribution in [-0.2, 0) is 6.42 Å². The van der Waals surface area contributed by atoms with Crippen molar-refractivity contribution in [2.45, 2.75) is 11.3 Å². The van der Waals surface area contributed by atoms with Gasteiger partial charge in [0.05, 0.1) is 16.9 Å². The Labute approximate surface area is 156 Å². The first kappa shape index (κ1) is 16.5. The van der Waals surface area contributed by atoms with E-state index in [2.05, 4.69) is 52.6 Å². The van der Waals surface area contributed by atoms with Crippen LogP contribution >= 0.6 is 11.8 Å². The van der Waals surface area contributed by atoms with Crippen molar-refractivity contribution in [2.24, 2.45) is 0 Å². The molecule has 0 aliphatic heterocycles. The fourth-order valence-corrected chi connectivity index (χ4v) is 3.34. The Morgan fingerprint density at radius 2 is 1.62 bits per heavy atom. The zero-order valence-corrected chi connectivity index (χ0v) is 15.2. The number of nitrogens with zero attached hydrogens (tertiary/aromatic N) is 3. The van der Waals surface area contributed by atoms with E-state index in [4.69, 9.17) is 10.7 Å². The van der Waals surface area contributed by atoms with Crippen molar-refractivity contribution in [2.75, 3.05) is 12.0 Å². The molecule has 2 aromatic carbocycles. The van der Waals surface area contributed by atoms with E-state index in [0.717, 1.165) is 28.0 Å². The quantitative estimate of drug-likeness (QED) is 0.541. The average molecular weight is 358 g/mol. The Hall–Kier alpha value is -2.92. The largest absolute Gasteiger partial charge is 0.368 e. The Morgan fingerprint density at radius 1 is 0.846 bits per heavy atom. The number of aromatic nitrogens is 3. The van der Waals surface area contributed by atoms with E-state index in [1.54, 1.807) is 11.8 Å². The third-order valence-corrected chi connectivity index (χ3v) is 4.98. The van der Waals surface area contributed by atoms with Gasteiger partial charge in [-0.2, -0.15) is 0 Å². The van der Waals surface area contributed by atoms with Gasteiger partial charge in [-0.1, -0.05) is 42.5 Å². The number of benzene rings is 2. The second-order valence-electron chi connectivity index (χ2n) is 5.98. The van der Waals surface area contributed by atoms with Crippen molar-refractivity contribution < 1.29 is 0 Å². The summed E-state index contributed by atoms with van der Waals surface area (Å²) in [7, 11) is 0. The smallest absolute Gasteiger partial charge is 0.220 e. The first-order chi connectivity index (χ1) is 12.7. The van der Waals surface area contributed by atoms with E-state index in [1.807, 2.05) is 30.3 Å². The molecule has 0 spiro atoms. The number of nitrogen functional groups attached to an aromatic ring is 1. The number of anilines is 1. The van der Waals surface area contributed by atoms with Crippen LogP contribution in [0, 0.1) is 0 Å². The second kappa shape index (κ2) is 7.14. The van der Waals surface area contributed by atoms with Gasteiger partial charge in [0.2, 0.25) is 5.95 Å². The van der Waals surface area contributed by atoms with Gasteiger partial charge in [0, 0.05) is 16.9 Å². The molecular formula is C21H18N4S. The van der Waals surface area contributed by atoms with E-state index >= 15 is 0 Å². The molecule has 128 valence electrons. The normalized spacial score (nSPS) is 11.0. The highest BCUT2D eigenvalue weighted by molar-refractivity contribution is 7.98. The molecule has 4 aromatic rings. The van der Waals surface area contributed by atoms with Gasteiger partial charge >= 0.3 is 0 Å². The van der Waals surface area contributed by atoms with Gasteiger partial charge in [-0.05, 0) is 36.1 Å². The summed E-state index contributed by atoms with van der Waals surface area (Å²) >= 11 is 1.73. The molecule has 0 unspecified atom stereocenters. The zero-order valence-electron chi connectivity index (χ0n) is 14.4. The summed E-state index contributed by atoms with van der Waals surface area (Å²) in [5.74, 6) is 0.280. The van der Waals surface area contributed by atoms with Gasteiger partial charge in [-0.15, -0.1) is 11.8 Å². The zero-order chi connectivity index (χ0) is 17.9. The summed E-state index contributed by atoms with van der Waals surface area (Å²) in [6, 6.07) is 22.6. The van der Waals surface area contributed by atoms with Crippen LogP contribution < -0.4 is 5.73 Å². The van der Waals surface area contributed by atoms with Crippen LogP contribution in [0.3, 0.4) is 0 Å². The third kappa shape index (κ3) is 3.39. The minimum atomic E-state index is 0.280. The average Bonchev–Trinajstić information content (AvgIpc) is 2.68. The highest BCUT2D eigenvalue weighted by Crippen LogP contribution is 2.25. The van der Waals surface area contributed by atoms with E-state index in [-0.39, 0.29) is 5.95 Å². The lowest BCUT2D eigenvalue weighted by molar-refractivity contribution is 1.06. The molecule has 0 saturated carbocycles. The van der Waals surface area contributed by atoms with Gasteiger partial charge in [0.1, 0.15) is 5.52 Å². The van der Waals surface area contributed by atoms with Crippen molar-refractivity contribution in [3.8, 4) is 11.3 Å². The van der Waals surface area contributed by atoms with Gasteiger partial charge in [0.15, 0.2) is 0 Å². The summed E-state index contributed by atoms with van der Waals surface area (Å²) in [6.45, 7) is 0. The number of hydrogen-bond donors (Lipinski definition) is 1. The summed E-state index contributed by atoms with van der Waals surface area (Å²) in [5, 5.41) is 0. The molecule has 4 nitrogen and oxygen atoms in total. The molecule has 0 amide bonds. The van der Waals surface area contributed by atoms with E-state index < -0.39 is 0 Å². The molecule has 2 N–H and O–H groups in total. The number of hydrogen-bond acceptors (Lipinski definition) is 5. The second-order valence-corrected chi connectivity index (χ2v) is 6.86. The van der Waals surface area contributed by atoms with Gasteiger partial charge in [-0.25, -0.2) is 15.0 Å². The number of pyridine rings is 1. The van der Waals surface area contributed by atoms with Crippen molar-refractivity contribution >= 4 is 28.7 Å². The predicted octanol–water partition coefficient (Wildman–Crippen LogP) is 4.59. The van der Waals surface area contributed by atoms with Crippen LogP contribution in [0.5, 0.6) is 0 Å². The van der Waals surface area contributed by atoms with Crippen molar-refractivity contribution in [1.29, 1.82) is 0 Å².